The summed E-state index contributed by atoms with van der Waals surface area (Å²) in [5.74, 6) is 0.621. The first-order chi connectivity index (χ1) is 13.7. The second-order valence-electron chi connectivity index (χ2n) is 6.93. The maximum Gasteiger partial charge on any atom is 0.256 e. The van der Waals surface area contributed by atoms with Gasteiger partial charge in [0.05, 0.1) is 25.1 Å². The van der Waals surface area contributed by atoms with Gasteiger partial charge in [-0.25, -0.2) is 4.68 Å². The average Bonchev–Trinajstić information content (AvgIpc) is 3.38. The van der Waals surface area contributed by atoms with Crippen molar-refractivity contribution in [2.45, 2.75) is 6.92 Å². The molecule has 0 unspecified atom stereocenters. The number of aromatic nitrogens is 3. The molecule has 4 rings (SSSR count). The molecular formula is C21H25N5O2. The van der Waals surface area contributed by atoms with Gasteiger partial charge in [-0.15, -0.1) is 0 Å². The van der Waals surface area contributed by atoms with E-state index in [0.29, 0.717) is 12.1 Å². The van der Waals surface area contributed by atoms with E-state index in [9.17, 15) is 4.79 Å². The number of carbonyl (C=O) groups is 1. The minimum Gasteiger partial charge on any atom is -0.379 e. The van der Waals surface area contributed by atoms with E-state index < -0.39 is 0 Å². The van der Waals surface area contributed by atoms with Gasteiger partial charge in [0, 0.05) is 38.6 Å². The second-order valence-corrected chi connectivity index (χ2v) is 6.93. The number of amides is 1. The highest BCUT2D eigenvalue weighted by molar-refractivity contribution is 5.97. The summed E-state index contributed by atoms with van der Waals surface area (Å²) >= 11 is 0. The zero-order valence-electron chi connectivity index (χ0n) is 16.0. The smallest absolute Gasteiger partial charge is 0.256 e. The molecule has 0 saturated carbocycles. The Balaban J connectivity index is 1.55. The molecule has 1 aromatic carbocycles. The van der Waals surface area contributed by atoms with Crippen LogP contribution < -0.4 is 5.32 Å². The van der Waals surface area contributed by atoms with Crippen molar-refractivity contribution < 1.29 is 9.53 Å². The van der Waals surface area contributed by atoms with Crippen LogP contribution in [-0.4, -0.2) is 64.5 Å². The number of rotatable bonds is 6. The Morgan fingerprint density at radius 3 is 2.71 bits per heavy atom. The SMILES string of the molecule is Cc1cccc(-n2ncc(C(=O)NCCN3CCOCC3)c2-n2cccc2)c1. The number of hydrogen-bond acceptors (Lipinski definition) is 4. The van der Waals surface area contributed by atoms with Crippen molar-refractivity contribution >= 4 is 5.91 Å². The summed E-state index contributed by atoms with van der Waals surface area (Å²) in [6, 6.07) is 12.0. The highest BCUT2D eigenvalue weighted by Gasteiger charge is 2.20. The van der Waals surface area contributed by atoms with Crippen LogP contribution in [0.25, 0.3) is 11.5 Å². The van der Waals surface area contributed by atoms with Gasteiger partial charge in [-0.05, 0) is 36.8 Å². The third-order valence-corrected chi connectivity index (χ3v) is 4.90. The quantitative estimate of drug-likeness (QED) is 0.712. The van der Waals surface area contributed by atoms with Crippen LogP contribution in [0.1, 0.15) is 15.9 Å². The summed E-state index contributed by atoms with van der Waals surface area (Å²) in [5, 5.41) is 7.55. The summed E-state index contributed by atoms with van der Waals surface area (Å²) in [4.78, 5) is 15.2. The van der Waals surface area contributed by atoms with E-state index in [1.54, 1.807) is 6.20 Å². The number of hydrogen-bond donors (Lipinski definition) is 1. The first kappa shape index (κ1) is 18.5. The molecular weight excluding hydrogens is 354 g/mol. The molecule has 0 radical (unpaired) electrons. The average molecular weight is 379 g/mol. The first-order valence-corrected chi connectivity index (χ1v) is 9.59. The van der Waals surface area contributed by atoms with E-state index in [2.05, 4.69) is 21.4 Å². The molecule has 1 aliphatic rings. The minimum absolute atomic E-state index is 0.115. The lowest BCUT2D eigenvalue weighted by Gasteiger charge is -2.26. The molecule has 7 heteroatoms. The molecule has 3 aromatic rings. The fourth-order valence-corrected chi connectivity index (χ4v) is 3.42. The number of carbonyl (C=O) groups excluding carboxylic acids is 1. The summed E-state index contributed by atoms with van der Waals surface area (Å²) in [6.45, 7) is 6.80. The van der Waals surface area contributed by atoms with E-state index in [-0.39, 0.29) is 5.91 Å². The lowest BCUT2D eigenvalue weighted by Crippen LogP contribution is -2.41. The standard InChI is InChI=1S/C21H25N5O2/c1-17-5-4-6-18(15-17)26-21(25-8-2-3-9-25)19(16-23-26)20(27)22-7-10-24-11-13-28-14-12-24/h2-6,8-9,15-16H,7,10-14H2,1H3,(H,22,27). The Kier molecular flexibility index (Phi) is 5.55. The van der Waals surface area contributed by atoms with Gasteiger partial charge >= 0.3 is 0 Å². The molecule has 2 aromatic heterocycles. The second kappa shape index (κ2) is 8.41. The molecule has 0 aliphatic carbocycles. The molecule has 0 spiro atoms. The van der Waals surface area contributed by atoms with Crippen LogP contribution in [0.4, 0.5) is 0 Å². The van der Waals surface area contributed by atoms with Crippen molar-refractivity contribution in [2.24, 2.45) is 0 Å². The van der Waals surface area contributed by atoms with Crippen molar-refractivity contribution in [3.63, 3.8) is 0 Å². The van der Waals surface area contributed by atoms with Gasteiger partial charge in [-0.3, -0.25) is 9.69 Å². The number of morpholine rings is 1. The van der Waals surface area contributed by atoms with Gasteiger partial charge in [0.2, 0.25) is 0 Å². The zero-order valence-corrected chi connectivity index (χ0v) is 16.0. The Bertz CT molecular complexity index is 926. The fraction of sp³-hybridized carbons (Fsp3) is 0.333. The number of ether oxygens (including phenoxy) is 1. The summed E-state index contributed by atoms with van der Waals surface area (Å²) < 4.78 is 9.10. The van der Waals surface area contributed by atoms with Gasteiger partial charge in [-0.1, -0.05) is 12.1 Å². The van der Waals surface area contributed by atoms with E-state index in [1.165, 1.54) is 0 Å². The van der Waals surface area contributed by atoms with Crippen LogP contribution in [0.3, 0.4) is 0 Å². The maximum atomic E-state index is 12.9. The lowest BCUT2D eigenvalue weighted by atomic mass is 10.2. The van der Waals surface area contributed by atoms with Crippen LogP contribution in [0.5, 0.6) is 0 Å². The van der Waals surface area contributed by atoms with Crippen LogP contribution in [0.2, 0.25) is 0 Å². The van der Waals surface area contributed by atoms with Gasteiger partial charge in [0.1, 0.15) is 5.56 Å². The van der Waals surface area contributed by atoms with Gasteiger partial charge in [0.15, 0.2) is 5.82 Å². The summed E-state index contributed by atoms with van der Waals surface area (Å²) in [7, 11) is 0. The topological polar surface area (TPSA) is 64.3 Å². The Hall–Kier alpha value is -2.90. The summed E-state index contributed by atoms with van der Waals surface area (Å²) in [5.41, 5.74) is 2.62. The monoisotopic (exact) mass is 379 g/mol. The molecule has 1 fully saturated rings. The van der Waals surface area contributed by atoms with Gasteiger partial charge in [0.25, 0.3) is 5.91 Å². The van der Waals surface area contributed by atoms with Crippen molar-refractivity contribution in [1.82, 2.24) is 24.6 Å². The zero-order chi connectivity index (χ0) is 19.3. The van der Waals surface area contributed by atoms with E-state index in [0.717, 1.165) is 49.9 Å². The molecule has 1 amide bonds. The van der Waals surface area contributed by atoms with Crippen molar-refractivity contribution in [2.75, 3.05) is 39.4 Å². The maximum absolute atomic E-state index is 12.9. The number of nitrogens with one attached hydrogen (secondary N) is 1. The lowest BCUT2D eigenvalue weighted by molar-refractivity contribution is 0.0383. The van der Waals surface area contributed by atoms with Gasteiger partial charge < -0.3 is 14.6 Å². The molecule has 1 aliphatic heterocycles. The molecule has 0 bridgehead atoms. The van der Waals surface area contributed by atoms with Crippen molar-refractivity contribution in [3.05, 3.63) is 66.1 Å². The molecule has 146 valence electrons. The molecule has 3 heterocycles. The molecule has 1 saturated heterocycles. The predicted molar refractivity (Wildman–Crippen MR) is 107 cm³/mol. The highest BCUT2D eigenvalue weighted by atomic mass is 16.5. The summed E-state index contributed by atoms with van der Waals surface area (Å²) in [6.07, 6.45) is 5.49. The normalized spacial score (nSPS) is 14.9. The molecule has 1 N–H and O–H groups in total. The fourth-order valence-electron chi connectivity index (χ4n) is 3.42. The Labute approximate surface area is 164 Å². The number of nitrogens with zero attached hydrogens (tertiary/aromatic N) is 4. The third-order valence-electron chi connectivity index (χ3n) is 4.90. The largest absolute Gasteiger partial charge is 0.379 e. The first-order valence-electron chi connectivity index (χ1n) is 9.59. The van der Waals surface area contributed by atoms with Crippen LogP contribution in [0, 0.1) is 6.92 Å². The minimum atomic E-state index is -0.115. The van der Waals surface area contributed by atoms with Crippen LogP contribution in [0.15, 0.2) is 55.0 Å². The van der Waals surface area contributed by atoms with Gasteiger partial charge in [-0.2, -0.15) is 5.10 Å². The van der Waals surface area contributed by atoms with Crippen LogP contribution in [-0.2, 0) is 4.74 Å². The van der Waals surface area contributed by atoms with E-state index in [1.807, 2.05) is 58.9 Å². The van der Waals surface area contributed by atoms with Crippen molar-refractivity contribution in [1.29, 1.82) is 0 Å². The number of benzene rings is 1. The predicted octanol–water partition coefficient (Wildman–Crippen LogP) is 2.03. The van der Waals surface area contributed by atoms with E-state index in [4.69, 9.17) is 4.74 Å². The highest BCUT2D eigenvalue weighted by Crippen LogP contribution is 2.20. The third kappa shape index (κ3) is 4.00. The molecule has 0 atom stereocenters. The number of aryl methyl sites for hydroxylation is 1. The van der Waals surface area contributed by atoms with Crippen molar-refractivity contribution in [3.8, 4) is 11.5 Å². The molecule has 7 nitrogen and oxygen atoms in total. The Morgan fingerprint density at radius 1 is 1.18 bits per heavy atom. The van der Waals surface area contributed by atoms with Crippen LogP contribution >= 0.6 is 0 Å². The Morgan fingerprint density at radius 2 is 1.96 bits per heavy atom. The molecule has 28 heavy (non-hydrogen) atoms. The van der Waals surface area contributed by atoms with E-state index >= 15 is 0 Å².